The van der Waals surface area contributed by atoms with E-state index in [1.165, 1.54) is 33.0 Å². The maximum absolute atomic E-state index is 6.55. The van der Waals surface area contributed by atoms with Gasteiger partial charge in [-0.05, 0) is 68.4 Å². The molecule has 10 rings (SSSR count). The molecule has 0 saturated heterocycles. The maximum Gasteiger partial charge on any atom is 0.164 e. The predicted octanol–water partition coefficient (Wildman–Crippen LogP) is 11.9. The Kier molecular flexibility index (Phi) is 6.19. The second kappa shape index (κ2) is 10.8. The lowest BCUT2D eigenvalue weighted by molar-refractivity contribution is 0.661. The van der Waals surface area contributed by atoms with E-state index in [-0.39, 0.29) is 5.41 Å². The zero-order valence-electron chi connectivity index (χ0n) is 27.7. The van der Waals surface area contributed by atoms with Crippen LogP contribution in [0.25, 0.3) is 89.1 Å². The fourth-order valence-electron chi connectivity index (χ4n) is 7.94. The van der Waals surface area contributed by atoms with Gasteiger partial charge >= 0.3 is 0 Å². The van der Waals surface area contributed by atoms with Gasteiger partial charge in [-0.1, -0.05) is 141 Å². The van der Waals surface area contributed by atoms with E-state index < -0.39 is 0 Å². The Hall–Kier alpha value is -6.39. The lowest BCUT2D eigenvalue weighted by Crippen LogP contribution is -2.17. The molecule has 4 heteroatoms. The van der Waals surface area contributed by atoms with Crippen LogP contribution in [0, 0.1) is 0 Å². The van der Waals surface area contributed by atoms with Crippen molar-refractivity contribution in [2.75, 3.05) is 0 Å². The first-order chi connectivity index (χ1) is 24.5. The van der Waals surface area contributed by atoms with Crippen LogP contribution in [0.2, 0.25) is 0 Å². The molecule has 0 saturated carbocycles. The highest BCUT2D eigenvalue weighted by molar-refractivity contribution is 6.13. The van der Waals surface area contributed by atoms with Crippen LogP contribution in [0.3, 0.4) is 0 Å². The molecule has 4 nitrogen and oxygen atoms in total. The molecular formula is C46H31N3O. The number of fused-ring (bicyclic) bond motifs is 7. The molecule has 0 spiro atoms. The molecule has 0 atom stereocenters. The number of hydrogen-bond donors (Lipinski definition) is 0. The summed E-state index contributed by atoms with van der Waals surface area (Å²) in [6.07, 6.45) is 0. The molecule has 0 fully saturated rings. The minimum Gasteiger partial charge on any atom is -0.456 e. The van der Waals surface area contributed by atoms with Crippen LogP contribution in [0.4, 0.5) is 0 Å². The van der Waals surface area contributed by atoms with Crippen molar-refractivity contribution in [1.82, 2.24) is 15.0 Å². The Morgan fingerprint density at radius 3 is 1.98 bits per heavy atom. The molecule has 50 heavy (non-hydrogen) atoms. The van der Waals surface area contributed by atoms with Crippen molar-refractivity contribution < 1.29 is 4.42 Å². The Morgan fingerprint density at radius 2 is 1.10 bits per heavy atom. The summed E-state index contributed by atoms with van der Waals surface area (Å²) in [5, 5.41) is 4.61. The van der Waals surface area contributed by atoms with E-state index in [0.717, 1.165) is 49.8 Å². The van der Waals surface area contributed by atoms with Crippen LogP contribution >= 0.6 is 0 Å². The average molecular weight is 642 g/mol. The van der Waals surface area contributed by atoms with Crippen LogP contribution in [-0.2, 0) is 5.41 Å². The molecule has 236 valence electrons. The Morgan fingerprint density at radius 1 is 0.440 bits per heavy atom. The fourth-order valence-corrected chi connectivity index (χ4v) is 7.94. The van der Waals surface area contributed by atoms with Crippen molar-refractivity contribution in [3.63, 3.8) is 0 Å². The van der Waals surface area contributed by atoms with Gasteiger partial charge < -0.3 is 4.42 Å². The molecule has 2 heterocycles. The van der Waals surface area contributed by atoms with Crippen molar-refractivity contribution in [2.45, 2.75) is 19.3 Å². The van der Waals surface area contributed by atoms with Crippen molar-refractivity contribution in [3.05, 3.63) is 163 Å². The average Bonchev–Trinajstić information content (AvgIpc) is 3.66. The first kappa shape index (κ1) is 28.6. The highest BCUT2D eigenvalue weighted by Crippen LogP contribution is 2.51. The van der Waals surface area contributed by atoms with Crippen LogP contribution < -0.4 is 0 Å². The Balaban J connectivity index is 1.15. The topological polar surface area (TPSA) is 51.8 Å². The van der Waals surface area contributed by atoms with E-state index in [2.05, 4.69) is 141 Å². The van der Waals surface area contributed by atoms with Crippen LogP contribution in [-0.4, -0.2) is 15.0 Å². The van der Waals surface area contributed by atoms with Gasteiger partial charge in [0, 0.05) is 32.9 Å². The summed E-state index contributed by atoms with van der Waals surface area (Å²) in [6.45, 7) is 4.59. The molecule has 9 aromatic rings. The maximum atomic E-state index is 6.55. The number of nitrogens with zero attached hydrogens (tertiary/aromatic N) is 3. The summed E-state index contributed by atoms with van der Waals surface area (Å²) in [6, 6.07) is 53.1. The third-order valence-electron chi connectivity index (χ3n) is 10.3. The molecule has 0 unspecified atom stereocenters. The molecule has 7 aromatic carbocycles. The molecular weight excluding hydrogens is 611 g/mol. The van der Waals surface area contributed by atoms with Gasteiger partial charge in [0.1, 0.15) is 11.2 Å². The number of hydrogen-bond acceptors (Lipinski definition) is 4. The van der Waals surface area contributed by atoms with E-state index in [9.17, 15) is 0 Å². The van der Waals surface area contributed by atoms with Crippen LogP contribution in [0.5, 0.6) is 0 Å². The van der Waals surface area contributed by atoms with Gasteiger partial charge in [-0.25, -0.2) is 15.0 Å². The van der Waals surface area contributed by atoms with Gasteiger partial charge in [-0.3, -0.25) is 0 Å². The number of rotatable bonds is 4. The standard InChI is InChI=1S/C46H31N3O/c1-46(2)38-20-9-8-16-34(38)35-18-10-19-37(42(35)46)45-48-43(29-13-4-3-5-14-29)47-44(49-45)32-24-25-36-40(27-32)50-39-21-11-17-33(41(36)39)31-23-22-28-12-6-7-15-30(28)26-31/h3-27H,1-2H3. The van der Waals surface area contributed by atoms with Gasteiger partial charge in [-0.15, -0.1) is 0 Å². The van der Waals surface area contributed by atoms with E-state index in [0.29, 0.717) is 17.5 Å². The third-order valence-corrected chi connectivity index (χ3v) is 10.3. The van der Waals surface area contributed by atoms with Crippen molar-refractivity contribution in [3.8, 4) is 56.4 Å². The first-order valence-corrected chi connectivity index (χ1v) is 17.0. The van der Waals surface area contributed by atoms with Gasteiger partial charge in [0.15, 0.2) is 17.5 Å². The van der Waals surface area contributed by atoms with E-state index in [4.69, 9.17) is 19.4 Å². The summed E-state index contributed by atoms with van der Waals surface area (Å²) >= 11 is 0. The number of furan rings is 1. The van der Waals surface area contributed by atoms with E-state index in [1.807, 2.05) is 24.3 Å². The van der Waals surface area contributed by atoms with Gasteiger partial charge in [0.05, 0.1) is 0 Å². The predicted molar refractivity (Wildman–Crippen MR) is 204 cm³/mol. The summed E-state index contributed by atoms with van der Waals surface area (Å²) in [7, 11) is 0. The molecule has 0 bridgehead atoms. The zero-order valence-corrected chi connectivity index (χ0v) is 27.7. The SMILES string of the molecule is CC1(C)c2ccccc2-c2cccc(-c3nc(-c4ccccc4)nc(-c4ccc5c(c4)oc4cccc(-c6ccc7ccccc7c6)c45)n3)c21. The molecule has 0 radical (unpaired) electrons. The molecule has 0 aliphatic heterocycles. The van der Waals surface area contributed by atoms with E-state index in [1.54, 1.807) is 0 Å². The minimum absolute atomic E-state index is 0.210. The monoisotopic (exact) mass is 641 g/mol. The highest BCUT2D eigenvalue weighted by atomic mass is 16.3. The summed E-state index contributed by atoms with van der Waals surface area (Å²) < 4.78 is 6.55. The Labute approximate surface area is 289 Å². The lowest BCUT2D eigenvalue weighted by Gasteiger charge is -2.24. The van der Waals surface area contributed by atoms with Gasteiger partial charge in [-0.2, -0.15) is 0 Å². The molecule has 2 aromatic heterocycles. The fraction of sp³-hybridized carbons (Fsp3) is 0.0652. The third kappa shape index (κ3) is 4.35. The normalized spacial score (nSPS) is 13.2. The highest BCUT2D eigenvalue weighted by Gasteiger charge is 2.38. The number of benzene rings is 7. The largest absolute Gasteiger partial charge is 0.456 e. The van der Waals surface area contributed by atoms with E-state index >= 15 is 0 Å². The summed E-state index contributed by atoms with van der Waals surface area (Å²) in [4.78, 5) is 15.4. The summed E-state index contributed by atoms with van der Waals surface area (Å²) in [5.74, 6) is 1.91. The molecule has 0 N–H and O–H groups in total. The van der Waals surface area contributed by atoms with Gasteiger partial charge in [0.25, 0.3) is 0 Å². The Bertz CT molecular complexity index is 2790. The summed E-state index contributed by atoms with van der Waals surface area (Å²) in [5.41, 5.74) is 11.7. The lowest BCUT2D eigenvalue weighted by atomic mass is 9.80. The minimum atomic E-state index is -0.210. The molecule has 1 aliphatic carbocycles. The number of aromatic nitrogens is 3. The molecule has 0 amide bonds. The second-order valence-corrected chi connectivity index (χ2v) is 13.6. The van der Waals surface area contributed by atoms with Crippen LogP contribution in [0.15, 0.2) is 156 Å². The zero-order chi connectivity index (χ0) is 33.4. The van der Waals surface area contributed by atoms with Crippen molar-refractivity contribution in [1.29, 1.82) is 0 Å². The second-order valence-electron chi connectivity index (χ2n) is 13.6. The van der Waals surface area contributed by atoms with Crippen molar-refractivity contribution in [2.24, 2.45) is 0 Å². The quantitative estimate of drug-likeness (QED) is 0.192. The van der Waals surface area contributed by atoms with Gasteiger partial charge in [0.2, 0.25) is 0 Å². The smallest absolute Gasteiger partial charge is 0.164 e. The molecule has 1 aliphatic rings. The van der Waals surface area contributed by atoms with Crippen LogP contribution in [0.1, 0.15) is 25.0 Å². The van der Waals surface area contributed by atoms with Crippen molar-refractivity contribution >= 4 is 32.7 Å². The first-order valence-electron chi connectivity index (χ1n) is 17.0.